The van der Waals surface area contributed by atoms with Crippen LogP contribution in [0.2, 0.25) is 0 Å². The molecule has 0 fully saturated rings. The second-order valence-electron chi connectivity index (χ2n) is 6.99. The van der Waals surface area contributed by atoms with Crippen LogP contribution in [0.3, 0.4) is 0 Å². The largest absolute Gasteiger partial charge is 0.480 e. The van der Waals surface area contributed by atoms with E-state index in [0.29, 0.717) is 5.56 Å². The lowest BCUT2D eigenvalue weighted by Crippen LogP contribution is -2.45. The first kappa shape index (κ1) is 20.6. The van der Waals surface area contributed by atoms with Gasteiger partial charge in [-0.2, -0.15) is 0 Å². The fraction of sp³-hybridized carbons (Fsp3) is 0.316. The minimum atomic E-state index is -1.49. The molecule has 1 aliphatic heterocycles. The molecule has 3 rings (SSSR count). The van der Waals surface area contributed by atoms with Gasteiger partial charge in [0.1, 0.15) is 22.1 Å². The van der Waals surface area contributed by atoms with Crippen molar-refractivity contribution < 1.29 is 29.1 Å². The van der Waals surface area contributed by atoms with Gasteiger partial charge in [0.05, 0.1) is 0 Å². The smallest absolute Gasteiger partial charge is 0.333 e. The quantitative estimate of drug-likeness (QED) is 0.649. The van der Waals surface area contributed by atoms with E-state index < -0.39 is 34.7 Å². The number of hydrogen-bond acceptors (Lipinski definition) is 7. The maximum Gasteiger partial charge on any atom is 0.333 e. The first-order chi connectivity index (χ1) is 13.6. The number of carbonyl (C=O) groups excluding carboxylic acids is 1. The molecule has 152 valence electrons. The Hall–Kier alpha value is -3.14. The average molecular weight is 417 g/mol. The van der Waals surface area contributed by atoms with Gasteiger partial charge in [-0.15, -0.1) is 0 Å². The molecule has 0 bridgehead atoms. The number of aryl methyl sites for hydroxylation is 1. The number of hydrogen-bond donors (Lipinski definition) is 3. The van der Waals surface area contributed by atoms with Crippen molar-refractivity contribution >= 4 is 34.7 Å². The van der Waals surface area contributed by atoms with Gasteiger partial charge in [0.15, 0.2) is 12.1 Å². The zero-order valence-corrected chi connectivity index (χ0v) is 16.7. The number of amides is 1. The predicted octanol–water partition coefficient (Wildman–Crippen LogP) is 2.21. The van der Waals surface area contributed by atoms with E-state index >= 15 is 0 Å². The molecule has 10 heteroatoms. The van der Waals surface area contributed by atoms with E-state index in [1.165, 1.54) is 0 Å². The van der Waals surface area contributed by atoms with Gasteiger partial charge in [-0.3, -0.25) is 9.79 Å². The van der Waals surface area contributed by atoms with Crippen molar-refractivity contribution in [3.8, 4) is 11.3 Å². The third-order valence-corrected chi connectivity index (χ3v) is 5.72. The van der Waals surface area contributed by atoms with Crippen molar-refractivity contribution in [3.05, 3.63) is 41.7 Å². The number of carboxylic acid groups (broad SMARTS) is 2. The fourth-order valence-electron chi connectivity index (χ4n) is 2.99. The summed E-state index contributed by atoms with van der Waals surface area (Å²) in [6.45, 7) is 4.87. The number of aliphatic carboxylic acids is 2. The van der Waals surface area contributed by atoms with Crippen LogP contribution in [0, 0.1) is 6.92 Å². The molecule has 0 saturated carbocycles. The van der Waals surface area contributed by atoms with Crippen LogP contribution in [0.1, 0.15) is 30.0 Å². The third-order valence-electron chi connectivity index (χ3n) is 4.42. The van der Waals surface area contributed by atoms with Crippen LogP contribution in [-0.4, -0.2) is 55.1 Å². The minimum Gasteiger partial charge on any atom is -0.480 e. The lowest BCUT2D eigenvalue weighted by molar-refractivity contribution is -0.139. The van der Waals surface area contributed by atoms with Gasteiger partial charge < -0.3 is 20.1 Å². The molecule has 1 amide bonds. The Morgan fingerprint density at radius 3 is 2.41 bits per heavy atom. The van der Waals surface area contributed by atoms with E-state index in [9.17, 15) is 24.6 Å². The van der Waals surface area contributed by atoms with Crippen molar-refractivity contribution in [2.75, 3.05) is 0 Å². The Morgan fingerprint density at radius 2 is 1.86 bits per heavy atom. The van der Waals surface area contributed by atoms with E-state index in [4.69, 9.17) is 4.52 Å². The lowest BCUT2D eigenvalue weighted by Gasteiger charge is -2.21. The summed E-state index contributed by atoms with van der Waals surface area (Å²) in [5.74, 6) is -2.97. The number of benzene rings is 1. The minimum absolute atomic E-state index is 0.0265. The molecule has 2 aromatic rings. The normalized spacial score (nSPS) is 18.7. The Labute approximate surface area is 170 Å². The number of carboxylic acids is 2. The number of aliphatic imine (C=N–C) groups is 1. The molecule has 0 saturated heterocycles. The Bertz CT molecular complexity index is 999. The van der Waals surface area contributed by atoms with Crippen molar-refractivity contribution in [1.29, 1.82) is 0 Å². The second-order valence-corrected chi connectivity index (χ2v) is 8.66. The van der Waals surface area contributed by atoms with Gasteiger partial charge in [0.2, 0.25) is 0 Å². The topological polar surface area (TPSA) is 142 Å². The van der Waals surface area contributed by atoms with E-state index in [1.807, 2.05) is 6.07 Å². The van der Waals surface area contributed by atoms with Crippen LogP contribution in [0.5, 0.6) is 0 Å². The Kier molecular flexibility index (Phi) is 5.47. The third kappa shape index (κ3) is 4.02. The van der Waals surface area contributed by atoms with Crippen LogP contribution in [-0.2, 0) is 9.59 Å². The number of nitrogens with one attached hydrogen (secondary N) is 1. The van der Waals surface area contributed by atoms with Crippen molar-refractivity contribution in [1.82, 2.24) is 10.5 Å². The zero-order chi connectivity index (χ0) is 21.3. The number of aromatic nitrogens is 1. The monoisotopic (exact) mass is 417 g/mol. The molecule has 9 nitrogen and oxygen atoms in total. The van der Waals surface area contributed by atoms with Crippen LogP contribution < -0.4 is 5.32 Å². The maximum atomic E-state index is 12.9. The highest BCUT2D eigenvalue weighted by atomic mass is 32.2. The molecule has 2 heterocycles. The van der Waals surface area contributed by atoms with Crippen LogP contribution in [0.15, 0.2) is 39.8 Å². The molecular weight excluding hydrogens is 398 g/mol. The van der Waals surface area contributed by atoms with E-state index in [1.54, 1.807) is 45.0 Å². The van der Waals surface area contributed by atoms with Gasteiger partial charge in [-0.05, 0) is 20.8 Å². The number of thioether (sulfide) groups is 1. The van der Waals surface area contributed by atoms with Crippen LogP contribution >= 0.6 is 11.8 Å². The summed E-state index contributed by atoms with van der Waals surface area (Å²) in [6, 6.07) is 6.26. The number of nitrogens with zero attached hydrogens (tertiary/aromatic N) is 2. The van der Waals surface area contributed by atoms with Gasteiger partial charge in [-0.25, -0.2) is 9.59 Å². The number of rotatable bonds is 6. The van der Waals surface area contributed by atoms with Gasteiger partial charge in [0.25, 0.3) is 5.91 Å². The van der Waals surface area contributed by atoms with Gasteiger partial charge >= 0.3 is 11.9 Å². The molecule has 3 N–H and O–H groups in total. The summed E-state index contributed by atoms with van der Waals surface area (Å²) in [7, 11) is 0. The fourth-order valence-corrected chi connectivity index (χ4v) is 4.23. The van der Waals surface area contributed by atoms with Crippen molar-refractivity contribution in [3.63, 3.8) is 0 Å². The summed E-state index contributed by atoms with van der Waals surface area (Å²) in [5, 5.41) is 25.3. The van der Waals surface area contributed by atoms with E-state index in [-0.39, 0.29) is 22.1 Å². The lowest BCUT2D eigenvalue weighted by atomic mass is 10.0. The summed E-state index contributed by atoms with van der Waals surface area (Å²) >= 11 is 1.02. The van der Waals surface area contributed by atoms with Gasteiger partial charge in [-0.1, -0.05) is 47.3 Å². The molecule has 1 aromatic carbocycles. The summed E-state index contributed by atoms with van der Waals surface area (Å²) in [6.07, 6.45) is 0. The first-order valence-electron chi connectivity index (χ1n) is 8.66. The average Bonchev–Trinajstić information content (AvgIpc) is 3.19. The summed E-state index contributed by atoms with van der Waals surface area (Å²) < 4.78 is 4.30. The second kappa shape index (κ2) is 7.70. The SMILES string of the molecule is Cc1onc(-c2ccccc2)c1C(=O)NC(C(=O)O)C1=NC(C(=O)O)C(C)(C)S1. The molecule has 0 aliphatic carbocycles. The summed E-state index contributed by atoms with van der Waals surface area (Å²) in [4.78, 5) is 40.2. The van der Waals surface area contributed by atoms with E-state index in [2.05, 4.69) is 15.5 Å². The van der Waals surface area contributed by atoms with Crippen molar-refractivity contribution in [2.24, 2.45) is 4.99 Å². The van der Waals surface area contributed by atoms with E-state index in [0.717, 1.165) is 11.8 Å². The molecule has 0 spiro atoms. The highest BCUT2D eigenvalue weighted by molar-refractivity contribution is 8.15. The van der Waals surface area contributed by atoms with Crippen molar-refractivity contribution in [2.45, 2.75) is 37.6 Å². The molecular formula is C19H19N3O6S. The Balaban J connectivity index is 1.92. The van der Waals surface area contributed by atoms with Crippen LogP contribution in [0.25, 0.3) is 11.3 Å². The predicted molar refractivity (Wildman–Crippen MR) is 106 cm³/mol. The Morgan fingerprint density at radius 1 is 1.21 bits per heavy atom. The molecule has 29 heavy (non-hydrogen) atoms. The standard InChI is InChI=1S/C19H19N3O6S/c1-9-11(12(22-28-9)10-7-5-4-6-8-10)15(23)20-13(17(24)25)16-21-14(18(26)27)19(2,3)29-16/h4-8,13-14H,1-3H3,(H,20,23)(H,24,25)(H,26,27). The molecule has 2 atom stereocenters. The molecule has 0 radical (unpaired) electrons. The van der Waals surface area contributed by atoms with Gasteiger partial charge in [0, 0.05) is 10.3 Å². The zero-order valence-electron chi connectivity index (χ0n) is 15.9. The first-order valence-corrected chi connectivity index (χ1v) is 9.48. The maximum absolute atomic E-state index is 12.9. The highest BCUT2D eigenvalue weighted by Gasteiger charge is 2.46. The summed E-state index contributed by atoms with van der Waals surface area (Å²) in [5.41, 5.74) is 1.04. The molecule has 1 aliphatic rings. The molecule has 2 unspecified atom stereocenters. The number of carbonyl (C=O) groups is 3. The highest BCUT2D eigenvalue weighted by Crippen LogP contribution is 2.39. The molecule has 1 aromatic heterocycles. The van der Waals surface area contributed by atoms with Crippen LogP contribution in [0.4, 0.5) is 0 Å².